The lowest BCUT2D eigenvalue weighted by molar-refractivity contribution is -0.136. The number of hydrogen-bond acceptors (Lipinski definition) is 5. The van der Waals surface area contributed by atoms with Crippen LogP contribution in [-0.2, 0) is 24.2 Å². The van der Waals surface area contributed by atoms with Crippen molar-refractivity contribution < 1.29 is 19.7 Å². The van der Waals surface area contributed by atoms with Crippen LogP contribution in [0.4, 0.5) is 0 Å². The van der Waals surface area contributed by atoms with Gasteiger partial charge in [-0.25, -0.2) is 0 Å². The van der Waals surface area contributed by atoms with Gasteiger partial charge in [0, 0.05) is 12.7 Å². The zero-order valence-corrected chi connectivity index (χ0v) is 15.5. The normalized spacial score (nSPS) is 10.7. The first kappa shape index (κ1) is 18.7. The van der Waals surface area contributed by atoms with Crippen molar-refractivity contribution in [1.82, 2.24) is 14.1 Å². The summed E-state index contributed by atoms with van der Waals surface area (Å²) in [6.45, 7) is 0.439. The Morgan fingerprint density at radius 2 is 2.00 bits per heavy atom. The van der Waals surface area contributed by atoms with Crippen LogP contribution in [0.1, 0.15) is 11.3 Å². The molecule has 0 spiro atoms. The monoisotopic (exact) mass is 385 g/mol. The molecule has 2 N–H and O–H groups in total. The van der Waals surface area contributed by atoms with Crippen LogP contribution in [0.25, 0.3) is 5.69 Å². The summed E-state index contributed by atoms with van der Waals surface area (Å²) < 4.78 is 8.58. The van der Waals surface area contributed by atoms with Crippen LogP contribution in [0.15, 0.2) is 48.8 Å². The standard InChI is InChI=1S/C19H19N3O4S/c1-26-15-6-4-13(5-7-15)8-10-21-16(11-17(23)24)18(25)22(19(21)27)14-3-2-9-20-12-14/h2-7,9,12,25H,8,10-11H2,1H3,(H,23,24). The van der Waals surface area contributed by atoms with Crippen molar-refractivity contribution in [3.8, 4) is 17.3 Å². The van der Waals surface area contributed by atoms with Gasteiger partial charge in [0.15, 0.2) is 4.77 Å². The largest absolute Gasteiger partial charge is 0.497 e. The molecule has 3 rings (SSSR count). The second kappa shape index (κ2) is 8.05. The van der Waals surface area contributed by atoms with E-state index in [9.17, 15) is 15.0 Å². The van der Waals surface area contributed by atoms with Crippen molar-refractivity contribution >= 4 is 18.2 Å². The lowest BCUT2D eigenvalue weighted by Crippen LogP contribution is -2.10. The van der Waals surface area contributed by atoms with Gasteiger partial charge in [0.1, 0.15) is 5.75 Å². The van der Waals surface area contributed by atoms with Gasteiger partial charge in [0.05, 0.1) is 31.1 Å². The summed E-state index contributed by atoms with van der Waals surface area (Å²) in [6.07, 6.45) is 3.48. The predicted octanol–water partition coefficient (Wildman–Crippen LogP) is 2.99. The molecule has 0 unspecified atom stereocenters. The summed E-state index contributed by atoms with van der Waals surface area (Å²) in [6, 6.07) is 11.1. The van der Waals surface area contributed by atoms with Crippen molar-refractivity contribution in [3.05, 3.63) is 64.8 Å². The Morgan fingerprint density at radius 3 is 2.59 bits per heavy atom. The first-order valence-corrected chi connectivity index (χ1v) is 8.70. The first-order chi connectivity index (χ1) is 13.0. The number of carboxylic acid groups (broad SMARTS) is 1. The number of aryl methyl sites for hydroxylation is 1. The molecule has 8 heteroatoms. The number of rotatable bonds is 7. The first-order valence-electron chi connectivity index (χ1n) is 8.29. The second-order valence-corrected chi connectivity index (χ2v) is 6.28. The van der Waals surface area contributed by atoms with Crippen molar-refractivity contribution in [3.63, 3.8) is 0 Å². The number of aromatic nitrogens is 3. The molecule has 1 aromatic carbocycles. The molecule has 0 aliphatic rings. The van der Waals surface area contributed by atoms with Gasteiger partial charge in [-0.15, -0.1) is 0 Å². The van der Waals surface area contributed by atoms with E-state index in [4.69, 9.17) is 17.0 Å². The molecule has 0 saturated carbocycles. The minimum absolute atomic E-state index is 0.176. The molecule has 0 aliphatic carbocycles. The Morgan fingerprint density at radius 1 is 1.26 bits per heavy atom. The fourth-order valence-corrected chi connectivity index (χ4v) is 3.27. The molecular formula is C19H19N3O4S. The van der Waals surface area contributed by atoms with Crippen molar-refractivity contribution in [1.29, 1.82) is 0 Å². The number of aliphatic carboxylic acids is 1. The summed E-state index contributed by atoms with van der Waals surface area (Å²) in [4.78, 5) is 15.3. The van der Waals surface area contributed by atoms with Crippen LogP contribution in [0.2, 0.25) is 0 Å². The minimum atomic E-state index is -1.04. The molecule has 2 aromatic heterocycles. The number of ether oxygens (including phenoxy) is 1. The van der Waals surface area contributed by atoms with Gasteiger partial charge in [-0.2, -0.15) is 0 Å². The van der Waals surface area contributed by atoms with E-state index >= 15 is 0 Å². The molecule has 0 radical (unpaired) electrons. The highest BCUT2D eigenvalue weighted by Gasteiger charge is 2.20. The average Bonchev–Trinajstić information content (AvgIpc) is 2.90. The quantitative estimate of drug-likeness (QED) is 0.608. The van der Waals surface area contributed by atoms with E-state index in [-0.39, 0.29) is 18.0 Å². The molecule has 140 valence electrons. The van der Waals surface area contributed by atoms with Gasteiger partial charge >= 0.3 is 5.97 Å². The zero-order valence-electron chi connectivity index (χ0n) is 14.7. The maximum Gasteiger partial charge on any atom is 0.309 e. The van der Waals surface area contributed by atoms with Crippen molar-refractivity contribution in [2.75, 3.05) is 7.11 Å². The number of benzene rings is 1. The number of carboxylic acids is 1. The van der Waals surface area contributed by atoms with Gasteiger partial charge in [0.2, 0.25) is 5.88 Å². The van der Waals surface area contributed by atoms with Crippen molar-refractivity contribution in [2.45, 2.75) is 19.4 Å². The van der Waals surface area contributed by atoms with E-state index in [1.165, 1.54) is 4.57 Å². The number of carbonyl (C=O) groups is 1. The molecule has 0 aliphatic heterocycles. The lowest BCUT2D eigenvalue weighted by atomic mass is 10.1. The summed E-state index contributed by atoms with van der Waals surface area (Å²) in [7, 11) is 1.61. The summed E-state index contributed by atoms with van der Waals surface area (Å²) in [5.74, 6) is -0.450. The van der Waals surface area contributed by atoms with Gasteiger partial charge < -0.3 is 19.5 Å². The van der Waals surface area contributed by atoms with E-state index in [2.05, 4.69) is 4.98 Å². The Bertz CT molecular complexity index is 994. The number of imidazole rings is 1. The Balaban J connectivity index is 1.97. The molecule has 2 heterocycles. The fraction of sp³-hybridized carbons (Fsp3) is 0.211. The minimum Gasteiger partial charge on any atom is -0.497 e. The van der Waals surface area contributed by atoms with E-state index in [1.807, 2.05) is 24.3 Å². The highest BCUT2D eigenvalue weighted by molar-refractivity contribution is 7.71. The van der Waals surface area contributed by atoms with Gasteiger partial charge in [-0.3, -0.25) is 14.3 Å². The van der Waals surface area contributed by atoms with Crippen LogP contribution < -0.4 is 4.74 Å². The summed E-state index contributed by atoms with van der Waals surface area (Å²) in [5.41, 5.74) is 1.90. The Labute approximate surface area is 161 Å². The van der Waals surface area contributed by atoms with Crippen LogP contribution in [0.3, 0.4) is 0 Å². The number of methoxy groups -OCH3 is 1. The summed E-state index contributed by atoms with van der Waals surface area (Å²) in [5, 5.41) is 19.9. The lowest BCUT2D eigenvalue weighted by Gasteiger charge is -2.08. The zero-order chi connectivity index (χ0) is 19.4. The molecule has 7 nitrogen and oxygen atoms in total. The van der Waals surface area contributed by atoms with E-state index in [1.54, 1.807) is 36.2 Å². The average molecular weight is 385 g/mol. The topological polar surface area (TPSA) is 89.5 Å². The van der Waals surface area contributed by atoms with Crippen LogP contribution >= 0.6 is 12.2 Å². The summed E-state index contributed by atoms with van der Waals surface area (Å²) >= 11 is 5.52. The fourth-order valence-electron chi connectivity index (χ4n) is 2.88. The molecule has 3 aromatic rings. The molecular weight excluding hydrogens is 366 g/mol. The van der Waals surface area contributed by atoms with Crippen molar-refractivity contribution in [2.24, 2.45) is 0 Å². The third-order valence-corrected chi connectivity index (χ3v) is 4.63. The number of hydrogen-bond donors (Lipinski definition) is 2. The maximum absolute atomic E-state index is 11.3. The number of pyridine rings is 1. The van der Waals surface area contributed by atoms with Gasteiger partial charge in [0.25, 0.3) is 0 Å². The molecule has 0 bridgehead atoms. The number of nitrogens with zero attached hydrogens (tertiary/aromatic N) is 3. The van der Waals surface area contributed by atoms with Crippen LogP contribution in [-0.4, -0.2) is 37.4 Å². The van der Waals surface area contributed by atoms with Gasteiger partial charge in [-0.1, -0.05) is 12.1 Å². The Hall–Kier alpha value is -3.13. The smallest absolute Gasteiger partial charge is 0.309 e. The molecule has 27 heavy (non-hydrogen) atoms. The molecule has 0 fully saturated rings. The van der Waals surface area contributed by atoms with E-state index in [0.29, 0.717) is 23.4 Å². The van der Waals surface area contributed by atoms with E-state index in [0.717, 1.165) is 11.3 Å². The molecule has 0 amide bonds. The maximum atomic E-state index is 11.3. The molecule has 0 saturated heterocycles. The third kappa shape index (κ3) is 4.01. The van der Waals surface area contributed by atoms with E-state index < -0.39 is 5.97 Å². The predicted molar refractivity (Wildman–Crippen MR) is 102 cm³/mol. The highest BCUT2D eigenvalue weighted by Crippen LogP contribution is 2.26. The van der Waals surface area contributed by atoms with Crippen LogP contribution in [0, 0.1) is 4.77 Å². The SMILES string of the molecule is COc1ccc(CCn2c(CC(=O)O)c(O)n(-c3cccnc3)c2=S)cc1. The van der Waals surface area contributed by atoms with Gasteiger partial charge in [-0.05, 0) is 48.5 Å². The molecule has 0 atom stereocenters. The third-order valence-electron chi connectivity index (χ3n) is 4.22. The van der Waals surface area contributed by atoms with Crippen LogP contribution in [0.5, 0.6) is 11.6 Å². The second-order valence-electron chi connectivity index (χ2n) is 5.92. The Kier molecular flexibility index (Phi) is 5.56. The highest BCUT2D eigenvalue weighted by atomic mass is 32.1. The number of aromatic hydroxyl groups is 1.